The Hall–Kier alpha value is -0.870. The Morgan fingerprint density at radius 1 is 1.25 bits per heavy atom. The van der Waals surface area contributed by atoms with E-state index in [0.29, 0.717) is 11.3 Å². The molecule has 0 bridgehead atoms. The zero-order chi connectivity index (χ0) is 12.2. The molecule has 0 aliphatic carbocycles. The van der Waals surface area contributed by atoms with Gasteiger partial charge in [0.2, 0.25) is 0 Å². The summed E-state index contributed by atoms with van der Waals surface area (Å²) in [4.78, 5) is 0.324. The maximum atomic E-state index is 12.0. The van der Waals surface area contributed by atoms with E-state index in [1.165, 1.54) is 0 Å². The van der Waals surface area contributed by atoms with Crippen molar-refractivity contribution in [1.82, 2.24) is 0 Å². The molecule has 0 fully saturated rings. The van der Waals surface area contributed by atoms with Crippen LogP contribution >= 0.6 is 0 Å². The smallest absolute Gasteiger partial charge is 0.178 e. The Bertz CT molecular complexity index is 411. The molecule has 1 aromatic rings. The fraction of sp³-hybridized carbons (Fsp3) is 0.500. The molecule has 4 heteroatoms. The van der Waals surface area contributed by atoms with Gasteiger partial charge in [-0.05, 0) is 24.5 Å². The van der Waals surface area contributed by atoms with Crippen LogP contribution in [0, 0.1) is 5.92 Å². The first-order valence-corrected chi connectivity index (χ1v) is 7.08. The SMILES string of the molecule is CCC(O)C(C)CS(=O)(=O)c1ccccc1. The molecule has 0 radical (unpaired) electrons. The molecule has 0 spiro atoms. The van der Waals surface area contributed by atoms with Crippen molar-refractivity contribution in [3.8, 4) is 0 Å². The average Bonchev–Trinajstić information content (AvgIpc) is 2.28. The highest BCUT2D eigenvalue weighted by molar-refractivity contribution is 7.91. The fourth-order valence-electron chi connectivity index (χ4n) is 1.58. The van der Waals surface area contributed by atoms with Gasteiger partial charge in [0.05, 0.1) is 16.8 Å². The normalized spacial score (nSPS) is 15.7. The quantitative estimate of drug-likeness (QED) is 0.857. The molecule has 0 heterocycles. The van der Waals surface area contributed by atoms with Gasteiger partial charge in [-0.15, -0.1) is 0 Å². The molecule has 0 saturated heterocycles. The van der Waals surface area contributed by atoms with Crippen LogP contribution in [0.25, 0.3) is 0 Å². The molecule has 0 aliphatic heterocycles. The van der Waals surface area contributed by atoms with Crippen LogP contribution < -0.4 is 0 Å². The zero-order valence-electron chi connectivity index (χ0n) is 9.63. The second-order valence-electron chi connectivity index (χ2n) is 4.05. The molecule has 0 aliphatic rings. The van der Waals surface area contributed by atoms with Gasteiger partial charge < -0.3 is 5.11 Å². The van der Waals surface area contributed by atoms with Crippen LogP contribution in [0.1, 0.15) is 20.3 Å². The summed E-state index contributed by atoms with van der Waals surface area (Å²) in [6.07, 6.45) is 0.0179. The average molecular weight is 242 g/mol. The van der Waals surface area contributed by atoms with Crippen molar-refractivity contribution in [2.75, 3.05) is 5.75 Å². The number of aliphatic hydroxyl groups excluding tert-OH is 1. The number of benzene rings is 1. The molecule has 1 aromatic carbocycles. The van der Waals surface area contributed by atoms with E-state index in [1.54, 1.807) is 37.3 Å². The van der Waals surface area contributed by atoms with Crippen LogP contribution in [-0.4, -0.2) is 25.4 Å². The van der Waals surface area contributed by atoms with Crippen LogP contribution in [0.3, 0.4) is 0 Å². The Labute approximate surface area is 97.0 Å². The molecule has 90 valence electrons. The molecule has 0 amide bonds. The van der Waals surface area contributed by atoms with E-state index >= 15 is 0 Å². The number of rotatable bonds is 5. The van der Waals surface area contributed by atoms with Gasteiger partial charge >= 0.3 is 0 Å². The van der Waals surface area contributed by atoms with Gasteiger partial charge in [0.15, 0.2) is 9.84 Å². The Balaban J connectivity index is 2.81. The minimum absolute atomic E-state index is 0.00792. The monoisotopic (exact) mass is 242 g/mol. The van der Waals surface area contributed by atoms with Gasteiger partial charge in [0.1, 0.15) is 0 Å². The summed E-state index contributed by atoms with van der Waals surface area (Å²) in [7, 11) is -3.27. The second kappa shape index (κ2) is 5.46. The van der Waals surface area contributed by atoms with Crippen LogP contribution in [0.4, 0.5) is 0 Å². The third kappa shape index (κ3) is 3.32. The van der Waals surface area contributed by atoms with Crippen LogP contribution in [-0.2, 0) is 9.84 Å². The van der Waals surface area contributed by atoms with Gasteiger partial charge in [-0.1, -0.05) is 32.0 Å². The Morgan fingerprint density at radius 2 is 1.81 bits per heavy atom. The number of hydrogen-bond donors (Lipinski definition) is 1. The first-order chi connectivity index (χ1) is 7.47. The second-order valence-corrected chi connectivity index (χ2v) is 6.08. The molecule has 2 atom stereocenters. The molecular weight excluding hydrogens is 224 g/mol. The van der Waals surface area contributed by atoms with Crippen LogP contribution in [0.2, 0.25) is 0 Å². The third-order valence-electron chi connectivity index (χ3n) is 2.66. The van der Waals surface area contributed by atoms with Crippen molar-refractivity contribution in [2.45, 2.75) is 31.3 Å². The lowest BCUT2D eigenvalue weighted by molar-refractivity contribution is 0.122. The lowest BCUT2D eigenvalue weighted by Gasteiger charge is -2.17. The van der Waals surface area contributed by atoms with E-state index in [0.717, 1.165) is 0 Å². The predicted molar refractivity (Wildman–Crippen MR) is 64.0 cm³/mol. The molecule has 0 saturated carbocycles. The Morgan fingerprint density at radius 3 is 2.31 bits per heavy atom. The van der Waals surface area contributed by atoms with Gasteiger partial charge in [-0.3, -0.25) is 0 Å². The fourth-order valence-corrected chi connectivity index (χ4v) is 3.26. The van der Waals surface area contributed by atoms with E-state index in [-0.39, 0.29) is 11.7 Å². The van der Waals surface area contributed by atoms with Gasteiger partial charge in [0.25, 0.3) is 0 Å². The predicted octanol–water partition coefficient (Wildman–Crippen LogP) is 1.87. The minimum atomic E-state index is -3.27. The van der Waals surface area contributed by atoms with E-state index in [9.17, 15) is 13.5 Å². The molecule has 1 rings (SSSR count). The molecule has 3 nitrogen and oxygen atoms in total. The molecular formula is C12H18O3S. The van der Waals surface area contributed by atoms with E-state index in [2.05, 4.69) is 0 Å². The largest absolute Gasteiger partial charge is 0.393 e. The van der Waals surface area contributed by atoms with Crippen molar-refractivity contribution in [3.05, 3.63) is 30.3 Å². The highest BCUT2D eigenvalue weighted by atomic mass is 32.2. The van der Waals surface area contributed by atoms with E-state index in [1.807, 2.05) is 6.92 Å². The highest BCUT2D eigenvalue weighted by Crippen LogP contribution is 2.16. The maximum absolute atomic E-state index is 12.0. The third-order valence-corrected chi connectivity index (χ3v) is 4.61. The number of sulfone groups is 1. The standard InChI is InChI=1S/C12H18O3S/c1-3-12(13)10(2)9-16(14,15)11-7-5-4-6-8-11/h4-8,10,12-13H,3,9H2,1-2H3. The summed E-state index contributed by atoms with van der Waals surface area (Å²) in [6, 6.07) is 8.35. The van der Waals surface area contributed by atoms with Crippen molar-refractivity contribution in [1.29, 1.82) is 0 Å². The van der Waals surface area contributed by atoms with Crippen molar-refractivity contribution in [2.24, 2.45) is 5.92 Å². The van der Waals surface area contributed by atoms with E-state index in [4.69, 9.17) is 0 Å². The van der Waals surface area contributed by atoms with Gasteiger partial charge in [-0.25, -0.2) is 8.42 Å². The van der Waals surface area contributed by atoms with Crippen molar-refractivity contribution < 1.29 is 13.5 Å². The van der Waals surface area contributed by atoms with Crippen LogP contribution in [0.5, 0.6) is 0 Å². The summed E-state index contributed by atoms with van der Waals surface area (Å²) in [5.74, 6) is -0.248. The van der Waals surface area contributed by atoms with Crippen LogP contribution in [0.15, 0.2) is 35.2 Å². The zero-order valence-corrected chi connectivity index (χ0v) is 10.4. The van der Waals surface area contributed by atoms with E-state index < -0.39 is 15.9 Å². The maximum Gasteiger partial charge on any atom is 0.178 e. The minimum Gasteiger partial charge on any atom is -0.393 e. The lowest BCUT2D eigenvalue weighted by atomic mass is 10.1. The summed E-state index contributed by atoms with van der Waals surface area (Å²) in [5.41, 5.74) is 0. The highest BCUT2D eigenvalue weighted by Gasteiger charge is 2.22. The number of hydrogen-bond acceptors (Lipinski definition) is 3. The molecule has 0 aromatic heterocycles. The summed E-state index contributed by atoms with van der Waals surface area (Å²) < 4.78 is 23.9. The molecule has 1 N–H and O–H groups in total. The van der Waals surface area contributed by atoms with Crippen molar-refractivity contribution >= 4 is 9.84 Å². The first kappa shape index (κ1) is 13.2. The first-order valence-electron chi connectivity index (χ1n) is 5.43. The van der Waals surface area contributed by atoms with Crippen molar-refractivity contribution in [3.63, 3.8) is 0 Å². The summed E-state index contributed by atoms with van der Waals surface area (Å²) in [6.45, 7) is 3.60. The molecule has 2 unspecified atom stereocenters. The van der Waals surface area contributed by atoms with Gasteiger partial charge in [-0.2, -0.15) is 0 Å². The lowest BCUT2D eigenvalue weighted by Crippen LogP contribution is -2.24. The summed E-state index contributed by atoms with van der Waals surface area (Å²) in [5, 5.41) is 9.57. The Kier molecular flexibility index (Phi) is 4.50. The number of aliphatic hydroxyl groups is 1. The molecule has 16 heavy (non-hydrogen) atoms. The van der Waals surface area contributed by atoms with Gasteiger partial charge in [0, 0.05) is 0 Å². The summed E-state index contributed by atoms with van der Waals surface area (Å²) >= 11 is 0. The topological polar surface area (TPSA) is 54.4 Å².